The summed E-state index contributed by atoms with van der Waals surface area (Å²) in [6.07, 6.45) is 1.88. The van der Waals surface area contributed by atoms with Crippen LogP contribution < -0.4 is 4.90 Å². The number of anilines is 1. The molecule has 3 atom stereocenters. The Morgan fingerprint density at radius 3 is 2.55 bits per heavy atom. The van der Waals surface area contributed by atoms with E-state index in [9.17, 15) is 9.59 Å². The van der Waals surface area contributed by atoms with Crippen LogP contribution in [0.2, 0.25) is 0 Å². The monoisotopic (exact) mass is 275 g/mol. The minimum atomic E-state index is -0.927. The van der Waals surface area contributed by atoms with Gasteiger partial charge in [0.1, 0.15) is 0 Å². The topological polar surface area (TPSA) is 57.6 Å². The van der Waals surface area contributed by atoms with Crippen LogP contribution in [0.3, 0.4) is 0 Å². The Bertz CT molecular complexity index is 526. The van der Waals surface area contributed by atoms with Crippen molar-refractivity contribution in [1.29, 1.82) is 0 Å². The summed E-state index contributed by atoms with van der Waals surface area (Å²) >= 11 is 0. The molecule has 0 aromatic heterocycles. The maximum Gasteiger partial charge on any atom is 0.307 e. The first kappa shape index (κ1) is 14.6. The van der Waals surface area contributed by atoms with Crippen molar-refractivity contribution in [2.24, 2.45) is 11.8 Å². The number of aryl methyl sites for hydroxylation is 1. The molecule has 1 aliphatic heterocycles. The van der Waals surface area contributed by atoms with Crippen LogP contribution in [0.5, 0.6) is 0 Å². The molecule has 1 N–H and O–H groups in total. The second-order valence-electron chi connectivity index (χ2n) is 5.64. The first-order valence-corrected chi connectivity index (χ1v) is 7.07. The fourth-order valence-electron chi connectivity index (χ4n) is 2.67. The van der Waals surface area contributed by atoms with Crippen molar-refractivity contribution >= 4 is 17.6 Å². The van der Waals surface area contributed by atoms with Crippen molar-refractivity contribution in [3.05, 3.63) is 29.8 Å². The van der Waals surface area contributed by atoms with Gasteiger partial charge >= 0.3 is 5.97 Å². The molecule has 0 aliphatic carbocycles. The van der Waals surface area contributed by atoms with Gasteiger partial charge in [-0.25, -0.2) is 0 Å². The summed E-state index contributed by atoms with van der Waals surface area (Å²) in [7, 11) is 0. The quantitative estimate of drug-likeness (QED) is 0.922. The van der Waals surface area contributed by atoms with Gasteiger partial charge in [-0.1, -0.05) is 32.0 Å². The van der Waals surface area contributed by atoms with E-state index in [2.05, 4.69) is 0 Å². The standard InChI is InChI=1S/C16H21NO3/c1-10-8-9-13-6-4-5-7-14(13)17(10)15(18)11(2)12(3)16(19)20/h4-7,10-12H,8-9H2,1-3H3,(H,19,20). The highest BCUT2D eigenvalue weighted by atomic mass is 16.4. The Balaban J connectivity index is 2.32. The molecule has 0 bridgehead atoms. The highest BCUT2D eigenvalue weighted by Gasteiger charge is 2.34. The van der Waals surface area contributed by atoms with E-state index < -0.39 is 17.8 Å². The third-order valence-electron chi connectivity index (χ3n) is 4.29. The summed E-state index contributed by atoms with van der Waals surface area (Å²) in [5.74, 6) is -2.23. The Hall–Kier alpha value is -1.84. The molecule has 0 saturated carbocycles. The minimum Gasteiger partial charge on any atom is -0.481 e. The summed E-state index contributed by atoms with van der Waals surface area (Å²) < 4.78 is 0. The number of para-hydroxylation sites is 1. The van der Waals surface area contributed by atoms with Crippen molar-refractivity contribution in [1.82, 2.24) is 0 Å². The molecule has 0 spiro atoms. The van der Waals surface area contributed by atoms with Crippen LogP contribution in [-0.2, 0) is 16.0 Å². The minimum absolute atomic E-state index is 0.0976. The lowest BCUT2D eigenvalue weighted by atomic mass is 9.90. The number of fused-ring (bicyclic) bond motifs is 1. The van der Waals surface area contributed by atoms with Crippen LogP contribution in [-0.4, -0.2) is 23.0 Å². The second kappa shape index (κ2) is 5.65. The first-order valence-electron chi connectivity index (χ1n) is 7.07. The van der Waals surface area contributed by atoms with Gasteiger partial charge in [-0.3, -0.25) is 9.59 Å². The van der Waals surface area contributed by atoms with E-state index in [4.69, 9.17) is 5.11 Å². The molecule has 0 fully saturated rings. The highest BCUT2D eigenvalue weighted by molar-refractivity contribution is 5.98. The molecule has 1 amide bonds. The summed E-state index contributed by atoms with van der Waals surface area (Å²) in [6, 6.07) is 7.98. The summed E-state index contributed by atoms with van der Waals surface area (Å²) in [5, 5.41) is 9.09. The number of carbonyl (C=O) groups excluding carboxylic acids is 1. The number of hydrogen-bond acceptors (Lipinski definition) is 2. The van der Waals surface area contributed by atoms with Gasteiger partial charge in [0.25, 0.3) is 0 Å². The highest BCUT2D eigenvalue weighted by Crippen LogP contribution is 2.32. The zero-order valence-corrected chi connectivity index (χ0v) is 12.2. The molecule has 1 aliphatic rings. The first-order chi connectivity index (χ1) is 9.43. The predicted molar refractivity (Wildman–Crippen MR) is 77.7 cm³/mol. The Morgan fingerprint density at radius 2 is 1.90 bits per heavy atom. The van der Waals surface area contributed by atoms with E-state index in [-0.39, 0.29) is 11.9 Å². The van der Waals surface area contributed by atoms with E-state index >= 15 is 0 Å². The smallest absolute Gasteiger partial charge is 0.307 e. The van der Waals surface area contributed by atoms with Gasteiger partial charge in [-0.15, -0.1) is 0 Å². The summed E-state index contributed by atoms with van der Waals surface area (Å²) in [6.45, 7) is 5.31. The molecule has 108 valence electrons. The van der Waals surface area contributed by atoms with E-state index in [1.807, 2.05) is 31.2 Å². The number of carboxylic acid groups (broad SMARTS) is 1. The number of rotatable bonds is 3. The number of carboxylic acids is 1. The molecule has 20 heavy (non-hydrogen) atoms. The van der Waals surface area contributed by atoms with Gasteiger partial charge < -0.3 is 10.0 Å². The molecule has 4 heteroatoms. The molecule has 0 saturated heterocycles. The largest absolute Gasteiger partial charge is 0.481 e. The van der Waals surface area contributed by atoms with E-state index in [1.54, 1.807) is 18.7 Å². The van der Waals surface area contributed by atoms with E-state index in [1.165, 1.54) is 0 Å². The van der Waals surface area contributed by atoms with Crippen LogP contribution in [0, 0.1) is 11.8 Å². The maximum atomic E-state index is 12.7. The van der Waals surface area contributed by atoms with Gasteiger partial charge in [-0.05, 0) is 31.4 Å². The van der Waals surface area contributed by atoms with E-state index in [0.29, 0.717) is 0 Å². The van der Waals surface area contributed by atoms with Crippen molar-refractivity contribution in [2.75, 3.05) is 4.90 Å². The van der Waals surface area contributed by atoms with Gasteiger partial charge in [0, 0.05) is 17.6 Å². The molecule has 4 nitrogen and oxygen atoms in total. The zero-order chi connectivity index (χ0) is 14.9. The number of hydrogen-bond donors (Lipinski definition) is 1. The Labute approximate surface area is 119 Å². The van der Waals surface area contributed by atoms with Crippen LogP contribution in [0.4, 0.5) is 5.69 Å². The second-order valence-corrected chi connectivity index (χ2v) is 5.64. The van der Waals surface area contributed by atoms with Gasteiger partial charge in [-0.2, -0.15) is 0 Å². The lowest BCUT2D eigenvalue weighted by Crippen LogP contribution is -2.46. The molecule has 0 radical (unpaired) electrons. The molecular weight excluding hydrogens is 254 g/mol. The van der Waals surface area contributed by atoms with Crippen LogP contribution in [0.1, 0.15) is 32.8 Å². The number of aliphatic carboxylic acids is 1. The molecular formula is C16H21NO3. The average Bonchev–Trinajstić information content (AvgIpc) is 2.44. The van der Waals surface area contributed by atoms with Gasteiger partial charge in [0.05, 0.1) is 5.92 Å². The van der Waals surface area contributed by atoms with Crippen LogP contribution in [0.15, 0.2) is 24.3 Å². The van der Waals surface area contributed by atoms with Crippen molar-refractivity contribution in [2.45, 2.75) is 39.7 Å². The SMILES string of the molecule is CC(C(=O)O)C(C)C(=O)N1c2ccccc2CCC1C. The number of benzene rings is 1. The molecule has 1 heterocycles. The third kappa shape index (κ3) is 2.55. The van der Waals surface area contributed by atoms with Gasteiger partial charge in [0.2, 0.25) is 5.91 Å². The fraction of sp³-hybridized carbons (Fsp3) is 0.500. The molecule has 3 unspecified atom stereocenters. The lowest BCUT2D eigenvalue weighted by molar-refractivity contribution is -0.145. The van der Waals surface area contributed by atoms with Crippen LogP contribution >= 0.6 is 0 Å². The van der Waals surface area contributed by atoms with Crippen molar-refractivity contribution < 1.29 is 14.7 Å². The fourth-order valence-corrected chi connectivity index (χ4v) is 2.67. The summed E-state index contributed by atoms with van der Waals surface area (Å²) in [5.41, 5.74) is 2.09. The van der Waals surface area contributed by atoms with Crippen molar-refractivity contribution in [3.8, 4) is 0 Å². The number of amides is 1. The summed E-state index contributed by atoms with van der Waals surface area (Å²) in [4.78, 5) is 25.5. The lowest BCUT2D eigenvalue weighted by Gasteiger charge is -2.37. The van der Waals surface area contributed by atoms with Crippen LogP contribution in [0.25, 0.3) is 0 Å². The Kier molecular flexibility index (Phi) is 4.12. The number of carbonyl (C=O) groups is 2. The zero-order valence-electron chi connectivity index (χ0n) is 12.2. The molecule has 1 aromatic rings. The average molecular weight is 275 g/mol. The third-order valence-corrected chi connectivity index (χ3v) is 4.29. The molecule has 2 rings (SSSR count). The van der Waals surface area contributed by atoms with Crippen molar-refractivity contribution in [3.63, 3.8) is 0 Å². The normalized spacial score (nSPS) is 20.9. The maximum absolute atomic E-state index is 12.7. The van der Waals surface area contributed by atoms with Gasteiger partial charge in [0.15, 0.2) is 0 Å². The number of nitrogens with zero attached hydrogens (tertiary/aromatic N) is 1. The predicted octanol–water partition coefficient (Wildman–Crippen LogP) is 2.71. The van der Waals surface area contributed by atoms with E-state index in [0.717, 1.165) is 24.1 Å². The Morgan fingerprint density at radius 1 is 1.25 bits per heavy atom. The molecule has 1 aromatic carbocycles.